The van der Waals surface area contributed by atoms with Gasteiger partial charge in [-0.15, -0.1) is 10.2 Å². The van der Waals surface area contributed by atoms with Crippen LogP contribution in [0.1, 0.15) is 11.1 Å². The van der Waals surface area contributed by atoms with Crippen molar-refractivity contribution in [2.75, 3.05) is 41.7 Å². The third kappa shape index (κ3) is 4.83. The highest BCUT2D eigenvalue weighted by atomic mass is 16.2. The molecule has 3 heterocycles. The molecule has 8 nitrogen and oxygen atoms in total. The lowest BCUT2D eigenvalue weighted by Gasteiger charge is -2.35. The van der Waals surface area contributed by atoms with Crippen LogP contribution in [0.2, 0.25) is 0 Å². The Kier molecular flexibility index (Phi) is 5.74. The number of urea groups is 1. The number of amides is 2. The number of hydrogen-bond acceptors (Lipinski definition) is 6. The van der Waals surface area contributed by atoms with Gasteiger partial charge in [-0.2, -0.15) is 0 Å². The highest BCUT2D eigenvalue weighted by molar-refractivity contribution is 5.89. The first-order valence-corrected chi connectivity index (χ1v) is 9.97. The van der Waals surface area contributed by atoms with Crippen molar-refractivity contribution in [3.8, 4) is 0 Å². The van der Waals surface area contributed by atoms with Gasteiger partial charge >= 0.3 is 6.03 Å². The minimum atomic E-state index is -0.0670. The van der Waals surface area contributed by atoms with Gasteiger partial charge in [0.05, 0.1) is 0 Å². The highest BCUT2D eigenvalue weighted by Crippen LogP contribution is 2.18. The van der Waals surface area contributed by atoms with Crippen LogP contribution in [0.25, 0.3) is 0 Å². The number of nitrogens with one attached hydrogen (secondary N) is 2. The van der Waals surface area contributed by atoms with E-state index >= 15 is 0 Å². The molecule has 0 aliphatic carbocycles. The number of piperazine rings is 1. The first kappa shape index (κ1) is 19.6. The van der Waals surface area contributed by atoms with Gasteiger partial charge in [0.2, 0.25) is 0 Å². The Hall–Kier alpha value is -3.68. The molecular formula is C22H25N7O. The van der Waals surface area contributed by atoms with Crippen LogP contribution in [0.15, 0.2) is 54.9 Å². The van der Waals surface area contributed by atoms with Gasteiger partial charge in [0.25, 0.3) is 0 Å². The zero-order chi connectivity index (χ0) is 20.9. The van der Waals surface area contributed by atoms with Crippen molar-refractivity contribution in [2.24, 2.45) is 0 Å². The van der Waals surface area contributed by atoms with Gasteiger partial charge in [-0.05, 0) is 61.4 Å². The Morgan fingerprint density at radius 1 is 0.867 bits per heavy atom. The quantitative estimate of drug-likeness (QED) is 0.692. The summed E-state index contributed by atoms with van der Waals surface area (Å²) < 4.78 is 0. The lowest BCUT2D eigenvalue weighted by molar-refractivity contribution is 0.208. The van der Waals surface area contributed by atoms with E-state index in [1.807, 2.05) is 55.1 Å². The average Bonchev–Trinajstić information content (AvgIpc) is 2.74. The number of hydrogen-bond donors (Lipinski definition) is 2. The topological polar surface area (TPSA) is 86.3 Å². The third-order valence-electron chi connectivity index (χ3n) is 4.97. The van der Waals surface area contributed by atoms with E-state index in [1.165, 1.54) is 0 Å². The summed E-state index contributed by atoms with van der Waals surface area (Å²) in [5.41, 5.74) is 4.02. The van der Waals surface area contributed by atoms with E-state index < -0.39 is 0 Å². The Balaban J connectivity index is 1.31. The predicted octanol–water partition coefficient (Wildman–Crippen LogP) is 3.59. The maximum Gasteiger partial charge on any atom is 0.321 e. The predicted molar refractivity (Wildman–Crippen MR) is 118 cm³/mol. The smallest absolute Gasteiger partial charge is 0.321 e. The van der Waals surface area contributed by atoms with Gasteiger partial charge in [-0.25, -0.2) is 4.79 Å². The fourth-order valence-corrected chi connectivity index (χ4v) is 3.53. The molecule has 1 aliphatic heterocycles. The maximum atomic E-state index is 12.6. The molecule has 154 valence electrons. The summed E-state index contributed by atoms with van der Waals surface area (Å²) in [4.78, 5) is 20.6. The fraction of sp³-hybridized carbons (Fsp3) is 0.273. The first-order valence-electron chi connectivity index (χ1n) is 9.97. The third-order valence-corrected chi connectivity index (χ3v) is 4.97. The Bertz CT molecular complexity index is 980. The summed E-state index contributed by atoms with van der Waals surface area (Å²) in [6, 6.07) is 13.6. The summed E-state index contributed by atoms with van der Waals surface area (Å²) in [5, 5.41) is 14.8. The second-order valence-electron chi connectivity index (χ2n) is 7.42. The normalized spacial score (nSPS) is 13.8. The van der Waals surface area contributed by atoms with Gasteiger partial charge in [-0.1, -0.05) is 6.07 Å². The highest BCUT2D eigenvalue weighted by Gasteiger charge is 2.22. The second-order valence-corrected chi connectivity index (χ2v) is 7.42. The van der Waals surface area contributed by atoms with E-state index in [0.717, 1.165) is 28.3 Å². The number of aromatic nitrogens is 3. The molecular weight excluding hydrogens is 378 g/mol. The van der Waals surface area contributed by atoms with Gasteiger partial charge in [0, 0.05) is 49.9 Å². The Morgan fingerprint density at radius 2 is 1.57 bits per heavy atom. The largest absolute Gasteiger partial charge is 0.352 e. The fourth-order valence-electron chi connectivity index (χ4n) is 3.53. The van der Waals surface area contributed by atoms with Crippen LogP contribution in [0, 0.1) is 13.8 Å². The number of rotatable bonds is 4. The monoisotopic (exact) mass is 403 g/mol. The first-order chi connectivity index (χ1) is 14.6. The van der Waals surface area contributed by atoms with Crippen molar-refractivity contribution < 1.29 is 4.79 Å². The van der Waals surface area contributed by atoms with Crippen LogP contribution < -0.4 is 15.5 Å². The van der Waals surface area contributed by atoms with Crippen LogP contribution in [-0.4, -0.2) is 52.3 Å². The summed E-state index contributed by atoms with van der Waals surface area (Å²) in [7, 11) is 0. The molecule has 30 heavy (non-hydrogen) atoms. The van der Waals surface area contributed by atoms with Crippen LogP contribution in [0.3, 0.4) is 0 Å². The van der Waals surface area contributed by atoms with Crippen molar-refractivity contribution >= 4 is 29.0 Å². The van der Waals surface area contributed by atoms with Gasteiger partial charge in [-0.3, -0.25) is 4.98 Å². The molecule has 2 amide bonds. The summed E-state index contributed by atoms with van der Waals surface area (Å²) in [6.07, 6.45) is 3.44. The van der Waals surface area contributed by atoms with Crippen molar-refractivity contribution in [2.45, 2.75) is 13.8 Å². The van der Waals surface area contributed by atoms with Crippen LogP contribution in [0.4, 0.5) is 27.8 Å². The Morgan fingerprint density at radius 3 is 2.20 bits per heavy atom. The molecule has 0 saturated carbocycles. The van der Waals surface area contributed by atoms with Crippen LogP contribution in [0.5, 0.6) is 0 Å². The number of pyridine rings is 1. The van der Waals surface area contributed by atoms with E-state index in [1.54, 1.807) is 12.4 Å². The second kappa shape index (κ2) is 8.77. The minimum absolute atomic E-state index is 0.0670. The van der Waals surface area contributed by atoms with Crippen molar-refractivity contribution in [1.29, 1.82) is 0 Å². The van der Waals surface area contributed by atoms with Crippen LogP contribution in [-0.2, 0) is 0 Å². The van der Waals surface area contributed by atoms with Crippen LogP contribution >= 0.6 is 0 Å². The lowest BCUT2D eigenvalue weighted by Crippen LogP contribution is -2.50. The number of carbonyl (C=O) groups excluding carboxylic acids is 1. The van der Waals surface area contributed by atoms with E-state index in [-0.39, 0.29) is 6.03 Å². The molecule has 1 aliphatic rings. The van der Waals surface area contributed by atoms with E-state index in [0.29, 0.717) is 32.0 Å². The SMILES string of the molecule is Cc1cc(C)cc(NC(=O)N2CCN(c3ccc(Nc4ccncc4)nn3)CC2)c1. The molecule has 0 atom stereocenters. The zero-order valence-corrected chi connectivity index (χ0v) is 17.2. The molecule has 1 aromatic carbocycles. The Labute approximate surface area is 176 Å². The van der Waals surface area contributed by atoms with Gasteiger partial charge in [0.15, 0.2) is 11.6 Å². The zero-order valence-electron chi connectivity index (χ0n) is 17.2. The molecule has 1 fully saturated rings. The molecule has 3 aromatic rings. The summed E-state index contributed by atoms with van der Waals surface area (Å²) >= 11 is 0. The molecule has 2 N–H and O–H groups in total. The van der Waals surface area contributed by atoms with Crippen molar-refractivity contribution in [3.63, 3.8) is 0 Å². The number of carbonyl (C=O) groups is 1. The number of anilines is 4. The number of aryl methyl sites for hydroxylation is 2. The average molecular weight is 403 g/mol. The molecule has 1 saturated heterocycles. The molecule has 8 heteroatoms. The maximum absolute atomic E-state index is 12.6. The van der Waals surface area contributed by atoms with E-state index in [2.05, 4.69) is 36.8 Å². The van der Waals surface area contributed by atoms with Crippen molar-refractivity contribution in [1.82, 2.24) is 20.1 Å². The minimum Gasteiger partial charge on any atom is -0.352 e. The molecule has 0 spiro atoms. The van der Waals surface area contributed by atoms with E-state index in [4.69, 9.17) is 0 Å². The van der Waals surface area contributed by atoms with E-state index in [9.17, 15) is 4.79 Å². The molecule has 2 aromatic heterocycles. The summed E-state index contributed by atoms with van der Waals surface area (Å²) in [6.45, 7) is 6.75. The molecule has 0 bridgehead atoms. The van der Waals surface area contributed by atoms with Gasteiger partial charge in [0.1, 0.15) is 0 Å². The molecule has 0 radical (unpaired) electrons. The van der Waals surface area contributed by atoms with Gasteiger partial charge < -0.3 is 20.4 Å². The summed E-state index contributed by atoms with van der Waals surface area (Å²) in [5.74, 6) is 1.49. The van der Waals surface area contributed by atoms with Crippen molar-refractivity contribution in [3.05, 3.63) is 66.0 Å². The molecule has 0 unspecified atom stereocenters. The lowest BCUT2D eigenvalue weighted by atomic mass is 10.1. The number of nitrogens with zero attached hydrogens (tertiary/aromatic N) is 5. The standard InChI is InChI=1S/C22H25N7O/c1-16-13-17(2)15-19(14-16)25-22(30)29-11-9-28(10-12-29)21-4-3-20(26-27-21)24-18-5-7-23-8-6-18/h3-8,13-15H,9-12H2,1-2H3,(H,25,30)(H,23,24,26). The molecule has 4 rings (SSSR count). The number of benzene rings is 1.